The highest BCUT2D eigenvalue weighted by atomic mass is 32.2. The number of H-pyrrole nitrogens is 1. The molecule has 3 rings (SSSR count). The smallest absolute Gasteiger partial charge is 0.256 e. The molecular formula is C15H16FN3O4S. The Morgan fingerprint density at radius 1 is 1.29 bits per heavy atom. The predicted octanol–water partition coefficient (Wildman–Crippen LogP) is 0.566. The number of aromatic amines is 1. The number of aromatic nitrogens is 1. The molecule has 2 heterocycles. The van der Waals surface area contributed by atoms with Gasteiger partial charge in [-0.3, -0.25) is 9.59 Å². The van der Waals surface area contributed by atoms with E-state index in [1.807, 2.05) is 0 Å². The number of nitrogens with zero attached hydrogens (tertiary/aromatic N) is 1. The highest BCUT2D eigenvalue weighted by Crippen LogP contribution is 2.27. The standard InChI is InChI=1S/C15H16FN3O4S/c1-9-7-17-13(20)5-6-19(9)24(22,23)12-4-2-3-10-14(12)11(16)8-18-15(10)21/h2-4,8-9H,5-7H2,1H3,(H,17,20)(H,18,21)/t9-/m0/s1. The van der Waals surface area contributed by atoms with E-state index in [4.69, 9.17) is 0 Å². The molecule has 0 bridgehead atoms. The minimum atomic E-state index is -4.08. The van der Waals surface area contributed by atoms with Crippen LogP contribution in [0, 0.1) is 5.82 Å². The Morgan fingerprint density at radius 2 is 2.04 bits per heavy atom. The van der Waals surface area contributed by atoms with E-state index in [9.17, 15) is 22.4 Å². The number of halogens is 1. The third-order valence-corrected chi connectivity index (χ3v) is 6.13. The van der Waals surface area contributed by atoms with Crippen molar-refractivity contribution in [2.75, 3.05) is 13.1 Å². The van der Waals surface area contributed by atoms with Gasteiger partial charge in [-0.05, 0) is 19.1 Å². The highest BCUT2D eigenvalue weighted by molar-refractivity contribution is 7.89. The molecule has 0 spiro atoms. The molecule has 1 fully saturated rings. The van der Waals surface area contributed by atoms with Crippen LogP contribution in [0.3, 0.4) is 0 Å². The number of sulfonamides is 1. The molecule has 24 heavy (non-hydrogen) atoms. The van der Waals surface area contributed by atoms with Gasteiger partial charge in [-0.2, -0.15) is 4.31 Å². The van der Waals surface area contributed by atoms with E-state index >= 15 is 0 Å². The van der Waals surface area contributed by atoms with Crippen LogP contribution in [0.25, 0.3) is 10.8 Å². The summed E-state index contributed by atoms with van der Waals surface area (Å²) in [7, 11) is -4.08. The molecule has 7 nitrogen and oxygen atoms in total. The largest absolute Gasteiger partial charge is 0.354 e. The zero-order chi connectivity index (χ0) is 17.5. The first-order valence-corrected chi connectivity index (χ1v) is 8.85. The van der Waals surface area contributed by atoms with Crippen molar-refractivity contribution in [3.63, 3.8) is 0 Å². The fourth-order valence-corrected chi connectivity index (χ4v) is 4.68. The first kappa shape index (κ1) is 16.6. The average Bonchev–Trinajstić information content (AvgIpc) is 2.72. The summed E-state index contributed by atoms with van der Waals surface area (Å²) in [6.07, 6.45) is 0.873. The first-order chi connectivity index (χ1) is 11.3. The summed E-state index contributed by atoms with van der Waals surface area (Å²) in [5, 5.41) is 2.36. The lowest BCUT2D eigenvalue weighted by Crippen LogP contribution is -2.41. The number of fused-ring (bicyclic) bond motifs is 1. The first-order valence-electron chi connectivity index (χ1n) is 7.41. The van der Waals surface area contributed by atoms with Crippen molar-refractivity contribution in [3.05, 3.63) is 40.6 Å². The van der Waals surface area contributed by atoms with Crippen molar-refractivity contribution in [2.24, 2.45) is 0 Å². The summed E-state index contributed by atoms with van der Waals surface area (Å²) in [4.78, 5) is 25.3. The molecule has 1 aromatic heterocycles. The molecule has 0 aliphatic carbocycles. The summed E-state index contributed by atoms with van der Waals surface area (Å²) in [5.41, 5.74) is -0.566. The average molecular weight is 353 g/mol. The van der Waals surface area contributed by atoms with Crippen molar-refractivity contribution >= 4 is 26.7 Å². The second kappa shape index (κ2) is 5.99. The zero-order valence-electron chi connectivity index (χ0n) is 12.9. The minimum Gasteiger partial charge on any atom is -0.354 e. The van der Waals surface area contributed by atoms with Crippen LogP contribution >= 0.6 is 0 Å². The summed E-state index contributed by atoms with van der Waals surface area (Å²) in [5.74, 6) is -1.06. The lowest BCUT2D eigenvalue weighted by Gasteiger charge is -2.26. The van der Waals surface area contributed by atoms with Crippen molar-refractivity contribution in [1.29, 1.82) is 0 Å². The van der Waals surface area contributed by atoms with Crippen molar-refractivity contribution in [3.8, 4) is 0 Å². The molecule has 0 unspecified atom stereocenters. The molecular weight excluding hydrogens is 337 g/mol. The SMILES string of the molecule is C[C@H]1CNC(=O)CCN1S(=O)(=O)c1cccc2c(=O)[nH]cc(F)c12. The molecule has 1 amide bonds. The van der Waals surface area contributed by atoms with Gasteiger partial charge in [-0.1, -0.05) is 6.07 Å². The van der Waals surface area contributed by atoms with Crippen LogP contribution in [-0.4, -0.2) is 42.7 Å². The van der Waals surface area contributed by atoms with Gasteiger partial charge >= 0.3 is 0 Å². The Labute approximate surface area is 137 Å². The van der Waals surface area contributed by atoms with Crippen molar-refractivity contribution in [1.82, 2.24) is 14.6 Å². The molecule has 1 atom stereocenters. The van der Waals surface area contributed by atoms with Gasteiger partial charge < -0.3 is 10.3 Å². The number of nitrogens with one attached hydrogen (secondary N) is 2. The van der Waals surface area contributed by atoms with Crippen molar-refractivity contribution in [2.45, 2.75) is 24.3 Å². The summed E-state index contributed by atoms with van der Waals surface area (Å²) in [6, 6.07) is 3.55. The molecule has 2 N–H and O–H groups in total. The molecule has 128 valence electrons. The third kappa shape index (κ3) is 2.69. The van der Waals surface area contributed by atoms with E-state index in [2.05, 4.69) is 10.3 Å². The minimum absolute atomic E-state index is 0.00344. The molecule has 1 aliphatic heterocycles. The summed E-state index contributed by atoms with van der Waals surface area (Å²) in [6.45, 7) is 1.83. The number of pyridine rings is 1. The Bertz CT molecular complexity index is 970. The molecule has 0 saturated carbocycles. The zero-order valence-corrected chi connectivity index (χ0v) is 13.7. The third-order valence-electron chi connectivity index (χ3n) is 4.07. The van der Waals surface area contributed by atoms with Crippen LogP contribution in [0.1, 0.15) is 13.3 Å². The second-order valence-corrected chi connectivity index (χ2v) is 7.52. The van der Waals surface area contributed by atoms with Crippen LogP contribution in [0.5, 0.6) is 0 Å². The van der Waals surface area contributed by atoms with Crippen molar-refractivity contribution < 1.29 is 17.6 Å². The van der Waals surface area contributed by atoms with Gasteiger partial charge in [0.15, 0.2) is 0 Å². The molecule has 1 aromatic carbocycles. The molecule has 9 heteroatoms. The van der Waals surface area contributed by atoms with Crippen LogP contribution in [-0.2, 0) is 14.8 Å². The van der Waals surface area contributed by atoms with E-state index < -0.39 is 27.4 Å². The van der Waals surface area contributed by atoms with E-state index in [1.54, 1.807) is 6.92 Å². The number of carbonyl (C=O) groups excluding carboxylic acids is 1. The van der Waals surface area contributed by atoms with Gasteiger partial charge in [0.05, 0.1) is 10.3 Å². The van der Waals surface area contributed by atoms with E-state index in [0.29, 0.717) is 0 Å². The maximum Gasteiger partial charge on any atom is 0.256 e. The van der Waals surface area contributed by atoms with Crippen LogP contribution in [0.15, 0.2) is 34.1 Å². The Balaban J connectivity index is 2.21. The molecule has 1 saturated heterocycles. The lowest BCUT2D eigenvalue weighted by molar-refractivity contribution is -0.120. The molecule has 1 aliphatic rings. The van der Waals surface area contributed by atoms with Gasteiger partial charge in [0.1, 0.15) is 5.82 Å². The normalized spacial score (nSPS) is 19.9. The van der Waals surface area contributed by atoms with Gasteiger partial charge in [-0.15, -0.1) is 0 Å². The number of amides is 1. The summed E-state index contributed by atoms with van der Waals surface area (Å²) < 4.78 is 41.5. The molecule has 2 aromatic rings. The van der Waals surface area contributed by atoms with Crippen LogP contribution in [0.2, 0.25) is 0 Å². The van der Waals surface area contributed by atoms with E-state index in [1.165, 1.54) is 22.5 Å². The topological polar surface area (TPSA) is 99.3 Å². The van der Waals surface area contributed by atoms with E-state index in [-0.39, 0.29) is 41.1 Å². The lowest BCUT2D eigenvalue weighted by atomic mass is 10.2. The predicted molar refractivity (Wildman–Crippen MR) is 85.5 cm³/mol. The number of carbonyl (C=O) groups is 1. The Kier molecular flexibility index (Phi) is 4.14. The second-order valence-electron chi connectivity index (χ2n) is 5.66. The van der Waals surface area contributed by atoms with Crippen LogP contribution in [0.4, 0.5) is 4.39 Å². The number of hydrogen-bond donors (Lipinski definition) is 2. The fraction of sp³-hybridized carbons (Fsp3) is 0.333. The maximum atomic E-state index is 14.2. The van der Waals surface area contributed by atoms with E-state index in [0.717, 1.165) is 6.20 Å². The quantitative estimate of drug-likeness (QED) is 0.824. The Morgan fingerprint density at radius 3 is 2.79 bits per heavy atom. The van der Waals surface area contributed by atoms with Gasteiger partial charge in [0, 0.05) is 37.1 Å². The highest BCUT2D eigenvalue weighted by Gasteiger charge is 2.33. The number of hydrogen-bond acceptors (Lipinski definition) is 4. The number of benzene rings is 1. The van der Waals surface area contributed by atoms with Gasteiger partial charge in [0.25, 0.3) is 5.56 Å². The summed E-state index contributed by atoms with van der Waals surface area (Å²) >= 11 is 0. The Hall–Kier alpha value is -2.26. The van der Waals surface area contributed by atoms with Crippen LogP contribution < -0.4 is 10.9 Å². The van der Waals surface area contributed by atoms with Gasteiger partial charge in [0.2, 0.25) is 15.9 Å². The molecule has 0 radical (unpaired) electrons. The number of rotatable bonds is 2. The monoisotopic (exact) mass is 353 g/mol. The fourth-order valence-electron chi connectivity index (χ4n) is 2.83. The maximum absolute atomic E-state index is 14.2. The van der Waals surface area contributed by atoms with Gasteiger partial charge in [-0.25, -0.2) is 12.8 Å².